The second-order valence-corrected chi connectivity index (χ2v) is 17.2. The third-order valence-corrected chi connectivity index (χ3v) is 12.4. The lowest BCUT2D eigenvalue weighted by molar-refractivity contribution is -0.258. The monoisotopic (exact) mass is 892 g/mol. The zero-order chi connectivity index (χ0) is 43.8. The number of halogens is 3. The molecule has 3 saturated heterocycles. The first-order valence-corrected chi connectivity index (χ1v) is 20.9. The molecule has 3 aliphatic rings. The lowest BCUT2D eigenvalue weighted by atomic mass is 9.90. The third-order valence-electron chi connectivity index (χ3n) is 12.4. The average Bonchev–Trinajstić information content (AvgIpc) is 4.02. The fraction of sp³-hybridized carbons (Fsp3) is 0.477. The number of hydrogen-bond donors (Lipinski definition) is 2. The number of likely N-dealkylation sites (N-methyl/N-ethyl adjacent to an activating group) is 1. The number of esters is 1. The number of carbonyl (C=O) groups is 1. The summed E-state index contributed by atoms with van der Waals surface area (Å²) in [6.45, 7) is 9.37. The molecule has 5 aromatic rings. The summed E-state index contributed by atoms with van der Waals surface area (Å²) in [5.74, 6) is -4.67. The number of H-pyrrole nitrogens is 1. The Morgan fingerprint density at radius 2 is 1.81 bits per heavy atom. The van der Waals surface area contributed by atoms with Gasteiger partial charge in [0.05, 0.1) is 32.3 Å². The number of para-hydroxylation sites is 1. The SMILES string of the molecule is COc1ccccc1C1CNCCN1C1(n2nc(-c3ccccc3)[nH]c2=O)C(C2COC(Cn3cncn3)(c3ccc(F)cc3F)O2)N(C)CCN1CC(=O)OC(C)C(C)(C)C.Cl. The van der Waals surface area contributed by atoms with E-state index in [-0.39, 0.29) is 43.1 Å². The number of ether oxygens (including phenoxy) is 4. The van der Waals surface area contributed by atoms with E-state index in [1.54, 1.807) is 7.11 Å². The van der Waals surface area contributed by atoms with Crippen molar-refractivity contribution in [3.05, 3.63) is 119 Å². The third kappa shape index (κ3) is 8.77. The Kier molecular flexibility index (Phi) is 13.5. The highest BCUT2D eigenvalue weighted by Gasteiger charge is 2.64. The normalized spacial score (nSPS) is 25.4. The molecule has 63 heavy (non-hydrogen) atoms. The number of piperazine rings is 2. The van der Waals surface area contributed by atoms with E-state index in [1.807, 2.05) is 94.2 Å². The van der Waals surface area contributed by atoms with Crippen LogP contribution in [0, 0.1) is 17.0 Å². The van der Waals surface area contributed by atoms with Crippen molar-refractivity contribution in [3.63, 3.8) is 0 Å². The number of benzene rings is 3. The van der Waals surface area contributed by atoms with Gasteiger partial charge in [-0.1, -0.05) is 69.3 Å². The second kappa shape index (κ2) is 18.6. The number of aromatic amines is 1. The standard InChI is InChI=1S/C44H54F2N10O6.ClH/c1-29(42(2,3)4)61-38(57)24-53-21-20-52(5)39(37-25-60-43(62-37,26-54-28-48-27-49-54)33-17-16-31(45)22-34(33)46)44(53,56-41(58)50-40(51-56)30-12-8-7-9-13-30)55-19-18-47-23-35(55)32-14-10-11-15-36(32)59-6;/h7-17,22,27-29,35,37,39,47H,18-21,23-26H2,1-6H3,(H,50,51,58);1H. The minimum Gasteiger partial charge on any atom is -0.496 e. The van der Waals surface area contributed by atoms with Gasteiger partial charge >= 0.3 is 11.7 Å². The van der Waals surface area contributed by atoms with E-state index in [0.29, 0.717) is 49.9 Å². The molecule has 3 fully saturated rings. The first kappa shape index (κ1) is 45.9. The van der Waals surface area contributed by atoms with Crippen molar-refractivity contribution in [1.82, 2.24) is 49.5 Å². The lowest BCUT2D eigenvalue weighted by Gasteiger charge is -2.61. The molecule has 0 amide bonds. The van der Waals surface area contributed by atoms with E-state index in [9.17, 15) is 9.18 Å². The van der Waals surface area contributed by atoms with E-state index in [2.05, 4.69) is 30.2 Å². The maximum absolute atomic E-state index is 16.0. The second-order valence-electron chi connectivity index (χ2n) is 17.2. The molecular formula is C44H55ClF2N10O6. The summed E-state index contributed by atoms with van der Waals surface area (Å²) in [6.07, 6.45) is 1.41. The van der Waals surface area contributed by atoms with Gasteiger partial charge < -0.3 is 24.3 Å². The van der Waals surface area contributed by atoms with Crippen molar-refractivity contribution in [2.45, 2.75) is 70.1 Å². The minimum absolute atomic E-state index is 0. The number of hydrogen-bond acceptors (Lipinski definition) is 13. The van der Waals surface area contributed by atoms with Gasteiger partial charge in [-0.25, -0.2) is 23.2 Å². The molecule has 2 aromatic heterocycles. The summed E-state index contributed by atoms with van der Waals surface area (Å²) >= 11 is 0. The molecule has 3 aromatic carbocycles. The first-order chi connectivity index (χ1) is 29.7. The Bertz CT molecular complexity index is 2400. The van der Waals surface area contributed by atoms with Crippen molar-refractivity contribution in [3.8, 4) is 17.1 Å². The summed E-state index contributed by atoms with van der Waals surface area (Å²) in [5, 5.41) is 13.0. The van der Waals surface area contributed by atoms with E-state index in [0.717, 1.165) is 17.7 Å². The number of carbonyl (C=O) groups excluding carboxylic acids is 1. The van der Waals surface area contributed by atoms with Gasteiger partial charge in [-0.3, -0.25) is 24.5 Å². The van der Waals surface area contributed by atoms with Crippen LogP contribution in [0.1, 0.15) is 44.9 Å². The van der Waals surface area contributed by atoms with Gasteiger partial charge in [-0.2, -0.15) is 9.78 Å². The molecule has 0 saturated carbocycles. The number of rotatable bonds is 12. The van der Waals surface area contributed by atoms with Gasteiger partial charge in [-0.15, -0.1) is 17.5 Å². The Morgan fingerprint density at radius 3 is 2.52 bits per heavy atom. The molecule has 6 unspecified atom stereocenters. The molecule has 8 rings (SSSR count). The number of nitrogens with one attached hydrogen (secondary N) is 2. The molecule has 0 spiro atoms. The van der Waals surface area contributed by atoms with Crippen molar-refractivity contribution in [1.29, 1.82) is 0 Å². The molecule has 6 atom stereocenters. The minimum atomic E-state index is -1.83. The predicted octanol–water partition coefficient (Wildman–Crippen LogP) is 4.36. The summed E-state index contributed by atoms with van der Waals surface area (Å²) in [6, 6.07) is 18.9. The predicted molar refractivity (Wildman–Crippen MR) is 231 cm³/mol. The van der Waals surface area contributed by atoms with Crippen molar-refractivity contribution >= 4 is 18.4 Å². The molecule has 19 heteroatoms. The molecule has 3 aliphatic heterocycles. The summed E-state index contributed by atoms with van der Waals surface area (Å²) < 4.78 is 59.3. The fourth-order valence-corrected chi connectivity index (χ4v) is 9.00. The van der Waals surface area contributed by atoms with Gasteiger partial charge in [0, 0.05) is 55.5 Å². The quantitative estimate of drug-likeness (QED) is 0.171. The molecule has 0 bridgehead atoms. The topological polar surface area (TPSA) is 157 Å². The van der Waals surface area contributed by atoms with Crippen molar-refractivity contribution < 1.29 is 32.5 Å². The molecule has 2 N–H and O–H groups in total. The van der Waals surface area contributed by atoms with Crippen LogP contribution < -0.4 is 15.7 Å². The van der Waals surface area contributed by atoms with E-state index < -0.39 is 59.2 Å². The zero-order valence-electron chi connectivity index (χ0n) is 36.2. The van der Waals surface area contributed by atoms with E-state index >= 15 is 9.18 Å². The van der Waals surface area contributed by atoms with Crippen LogP contribution >= 0.6 is 12.4 Å². The smallest absolute Gasteiger partial charge is 0.346 e. The van der Waals surface area contributed by atoms with Gasteiger partial charge in [-0.05, 0) is 37.6 Å². The van der Waals surface area contributed by atoms with Crippen LogP contribution in [0.25, 0.3) is 11.4 Å². The summed E-state index contributed by atoms with van der Waals surface area (Å²) in [4.78, 5) is 42.7. The van der Waals surface area contributed by atoms with Gasteiger partial charge in [0.15, 0.2) is 11.6 Å². The Morgan fingerprint density at radius 1 is 1.05 bits per heavy atom. The Balaban J connectivity index is 0.00000595. The molecule has 0 aliphatic carbocycles. The van der Waals surface area contributed by atoms with E-state index in [1.165, 1.54) is 28.1 Å². The highest BCUT2D eigenvalue weighted by atomic mass is 35.5. The fourth-order valence-electron chi connectivity index (χ4n) is 9.00. The van der Waals surface area contributed by atoms with Crippen LogP contribution in [0.15, 0.2) is 90.2 Å². The average molecular weight is 893 g/mol. The highest BCUT2D eigenvalue weighted by molar-refractivity contribution is 5.85. The number of methoxy groups -OCH3 is 1. The van der Waals surface area contributed by atoms with Gasteiger partial charge in [0.2, 0.25) is 5.79 Å². The van der Waals surface area contributed by atoms with Crippen LogP contribution in [-0.2, 0) is 37.1 Å². The Labute approximate surface area is 370 Å². The maximum atomic E-state index is 16.0. The van der Waals surface area contributed by atoms with Gasteiger partial charge in [0.1, 0.15) is 48.8 Å². The lowest BCUT2D eigenvalue weighted by Crippen LogP contribution is -2.80. The maximum Gasteiger partial charge on any atom is 0.346 e. The molecule has 5 heterocycles. The largest absolute Gasteiger partial charge is 0.496 e. The molecule has 0 radical (unpaired) electrons. The summed E-state index contributed by atoms with van der Waals surface area (Å²) in [7, 11) is 3.54. The van der Waals surface area contributed by atoms with Crippen LogP contribution in [0.4, 0.5) is 8.78 Å². The van der Waals surface area contributed by atoms with Crippen LogP contribution in [0.2, 0.25) is 0 Å². The Hall–Kier alpha value is -5.08. The van der Waals surface area contributed by atoms with Crippen LogP contribution in [0.3, 0.4) is 0 Å². The van der Waals surface area contributed by atoms with E-state index in [4.69, 9.17) is 24.0 Å². The summed E-state index contributed by atoms with van der Waals surface area (Å²) in [5.41, 5.74) is 0.564. The molecule has 338 valence electrons. The van der Waals surface area contributed by atoms with Crippen LogP contribution in [-0.4, -0.2) is 128 Å². The molecular weight excluding hydrogens is 838 g/mol. The molecule has 16 nitrogen and oxygen atoms in total. The number of nitrogens with zero attached hydrogens (tertiary/aromatic N) is 8. The van der Waals surface area contributed by atoms with Crippen molar-refractivity contribution in [2.75, 3.05) is 60.0 Å². The van der Waals surface area contributed by atoms with Gasteiger partial charge in [0.25, 0.3) is 0 Å². The zero-order valence-corrected chi connectivity index (χ0v) is 37.1. The van der Waals surface area contributed by atoms with Crippen LogP contribution in [0.5, 0.6) is 5.75 Å². The first-order valence-electron chi connectivity index (χ1n) is 20.9. The number of aromatic nitrogens is 6. The highest BCUT2D eigenvalue weighted by Crippen LogP contribution is 2.48. The van der Waals surface area contributed by atoms with Crippen molar-refractivity contribution in [2.24, 2.45) is 5.41 Å².